The molecule has 1 aliphatic heterocycles. The molecule has 1 amide bonds. The van der Waals surface area contributed by atoms with Crippen molar-refractivity contribution in [2.75, 3.05) is 32.8 Å². The van der Waals surface area contributed by atoms with Crippen LogP contribution in [0.15, 0.2) is 91.0 Å². The average Bonchev–Trinajstić information content (AvgIpc) is 3.22. The molecule has 1 saturated heterocycles. The number of para-hydroxylation sites is 1. The Morgan fingerprint density at radius 3 is 2.38 bits per heavy atom. The molecule has 1 fully saturated rings. The van der Waals surface area contributed by atoms with E-state index in [1.165, 1.54) is 0 Å². The van der Waals surface area contributed by atoms with Crippen molar-refractivity contribution in [1.29, 1.82) is 0 Å². The standard InChI is InChI=1S/C33H36N2O5/c1-5-20-39-26-16-17-28(23(4)21-26)31(36)29-30(35(33(38)32(29)37)19-18-34(6-2)7-3)24-12-11-15-27(22-24)40-25-13-9-8-10-14-25/h5,8-17,21-22,30,36H,1,6-7,18-20H2,2-4H3/b31-29-. The van der Waals surface area contributed by atoms with Crippen LogP contribution in [0.1, 0.15) is 36.6 Å². The van der Waals surface area contributed by atoms with Crippen molar-refractivity contribution in [2.24, 2.45) is 0 Å². The SMILES string of the molecule is C=CCOc1ccc(/C(O)=C2/C(=O)C(=O)N(CCN(CC)CC)C2c2cccc(Oc3ccccc3)c2)c(C)c1. The lowest BCUT2D eigenvalue weighted by Crippen LogP contribution is -2.38. The van der Waals surface area contributed by atoms with Crippen LogP contribution in [-0.4, -0.2) is 59.4 Å². The van der Waals surface area contributed by atoms with E-state index < -0.39 is 17.7 Å². The summed E-state index contributed by atoms with van der Waals surface area (Å²) in [6.07, 6.45) is 1.65. The van der Waals surface area contributed by atoms with E-state index in [2.05, 4.69) is 25.3 Å². The summed E-state index contributed by atoms with van der Waals surface area (Å²) in [6, 6.07) is 21.2. The van der Waals surface area contributed by atoms with Crippen molar-refractivity contribution < 1.29 is 24.2 Å². The molecule has 1 aliphatic rings. The molecule has 0 aliphatic carbocycles. The lowest BCUT2D eigenvalue weighted by Gasteiger charge is -2.28. The largest absolute Gasteiger partial charge is 0.507 e. The van der Waals surface area contributed by atoms with Crippen molar-refractivity contribution in [3.63, 3.8) is 0 Å². The van der Waals surface area contributed by atoms with Gasteiger partial charge in [-0.1, -0.05) is 56.8 Å². The number of carbonyl (C=O) groups excluding carboxylic acids is 2. The number of aliphatic hydroxyl groups is 1. The molecule has 1 N–H and O–H groups in total. The third-order valence-corrected chi connectivity index (χ3v) is 7.07. The molecule has 7 heteroatoms. The maximum absolute atomic E-state index is 13.5. The van der Waals surface area contributed by atoms with Crippen molar-refractivity contribution in [1.82, 2.24) is 9.80 Å². The van der Waals surface area contributed by atoms with E-state index in [0.29, 0.717) is 53.6 Å². The van der Waals surface area contributed by atoms with E-state index in [1.807, 2.05) is 61.5 Å². The van der Waals surface area contributed by atoms with Gasteiger partial charge in [-0.25, -0.2) is 0 Å². The number of rotatable bonds is 12. The van der Waals surface area contributed by atoms with E-state index in [-0.39, 0.29) is 11.3 Å². The number of benzene rings is 3. The highest BCUT2D eigenvalue weighted by atomic mass is 16.5. The van der Waals surface area contributed by atoms with Gasteiger partial charge in [-0.2, -0.15) is 0 Å². The summed E-state index contributed by atoms with van der Waals surface area (Å²) < 4.78 is 11.7. The Hall–Kier alpha value is -4.36. The predicted octanol–water partition coefficient (Wildman–Crippen LogP) is 6.12. The highest BCUT2D eigenvalue weighted by Crippen LogP contribution is 2.41. The Balaban J connectivity index is 1.78. The highest BCUT2D eigenvalue weighted by molar-refractivity contribution is 6.46. The minimum absolute atomic E-state index is 0.0595. The van der Waals surface area contributed by atoms with Gasteiger partial charge < -0.3 is 24.4 Å². The molecule has 1 atom stereocenters. The number of Topliss-reactive ketones (excluding diaryl/α,β-unsaturated/α-hetero) is 1. The van der Waals surface area contributed by atoms with Crippen molar-refractivity contribution >= 4 is 17.4 Å². The van der Waals surface area contributed by atoms with Gasteiger partial charge in [0.1, 0.15) is 29.6 Å². The highest BCUT2D eigenvalue weighted by Gasteiger charge is 2.46. The van der Waals surface area contributed by atoms with Crippen LogP contribution >= 0.6 is 0 Å². The molecule has 208 valence electrons. The quantitative estimate of drug-likeness (QED) is 0.129. The fourth-order valence-corrected chi connectivity index (χ4v) is 4.91. The zero-order valence-electron chi connectivity index (χ0n) is 23.3. The summed E-state index contributed by atoms with van der Waals surface area (Å²) in [5.74, 6) is 0.314. The monoisotopic (exact) mass is 540 g/mol. The smallest absolute Gasteiger partial charge is 0.295 e. The predicted molar refractivity (Wildman–Crippen MR) is 157 cm³/mol. The van der Waals surface area contributed by atoms with Gasteiger partial charge in [0, 0.05) is 18.7 Å². The molecule has 4 rings (SSSR count). The topological polar surface area (TPSA) is 79.3 Å². The first-order valence-electron chi connectivity index (χ1n) is 13.6. The second kappa shape index (κ2) is 13.1. The zero-order valence-corrected chi connectivity index (χ0v) is 23.3. The zero-order chi connectivity index (χ0) is 28.6. The number of likely N-dealkylation sites (N-methyl/N-ethyl adjacent to an activating group) is 1. The third kappa shape index (κ3) is 6.26. The lowest BCUT2D eigenvalue weighted by molar-refractivity contribution is -0.140. The Morgan fingerprint density at radius 1 is 0.975 bits per heavy atom. The van der Waals surface area contributed by atoms with Gasteiger partial charge in [0.15, 0.2) is 0 Å². The molecule has 7 nitrogen and oxygen atoms in total. The molecule has 3 aromatic rings. The minimum Gasteiger partial charge on any atom is -0.507 e. The summed E-state index contributed by atoms with van der Waals surface area (Å²) in [6.45, 7) is 12.6. The first-order valence-corrected chi connectivity index (χ1v) is 13.6. The summed E-state index contributed by atoms with van der Waals surface area (Å²) >= 11 is 0. The van der Waals surface area contributed by atoms with Crippen LogP contribution in [0.4, 0.5) is 0 Å². The van der Waals surface area contributed by atoms with Crippen molar-refractivity contribution in [2.45, 2.75) is 26.8 Å². The number of amides is 1. The number of hydrogen-bond donors (Lipinski definition) is 1. The van der Waals surface area contributed by atoms with Gasteiger partial charge in [-0.05, 0) is 73.6 Å². The Morgan fingerprint density at radius 2 is 1.70 bits per heavy atom. The molecule has 0 aromatic heterocycles. The summed E-state index contributed by atoms with van der Waals surface area (Å²) in [4.78, 5) is 30.7. The second-order valence-electron chi connectivity index (χ2n) is 9.58. The molecule has 0 radical (unpaired) electrons. The second-order valence-corrected chi connectivity index (χ2v) is 9.58. The van der Waals surface area contributed by atoms with Crippen LogP contribution in [-0.2, 0) is 9.59 Å². The number of aryl methyl sites for hydroxylation is 1. The Kier molecular flexibility index (Phi) is 9.40. The fraction of sp³-hybridized carbons (Fsp3) is 0.273. The normalized spacial score (nSPS) is 16.4. The number of carbonyl (C=O) groups is 2. The molecule has 0 saturated carbocycles. The van der Waals surface area contributed by atoms with Crippen LogP contribution in [0.5, 0.6) is 17.2 Å². The van der Waals surface area contributed by atoms with Crippen LogP contribution in [0, 0.1) is 6.92 Å². The van der Waals surface area contributed by atoms with E-state index in [0.717, 1.165) is 13.1 Å². The van der Waals surface area contributed by atoms with Crippen LogP contribution in [0.2, 0.25) is 0 Å². The third-order valence-electron chi connectivity index (χ3n) is 7.07. The Labute approximate surface area is 235 Å². The fourth-order valence-electron chi connectivity index (χ4n) is 4.91. The van der Waals surface area contributed by atoms with Gasteiger partial charge in [0.2, 0.25) is 0 Å². The van der Waals surface area contributed by atoms with Crippen LogP contribution in [0.25, 0.3) is 5.76 Å². The molecule has 1 unspecified atom stereocenters. The van der Waals surface area contributed by atoms with Gasteiger partial charge in [0.05, 0.1) is 11.6 Å². The van der Waals surface area contributed by atoms with Crippen LogP contribution in [0.3, 0.4) is 0 Å². The molecule has 3 aromatic carbocycles. The number of ether oxygens (including phenoxy) is 2. The summed E-state index contributed by atoms with van der Waals surface area (Å²) in [5.41, 5.74) is 1.92. The Bertz CT molecular complexity index is 1390. The first-order chi connectivity index (χ1) is 19.4. The van der Waals surface area contributed by atoms with E-state index in [4.69, 9.17) is 9.47 Å². The molecular weight excluding hydrogens is 504 g/mol. The molecular formula is C33H36N2O5. The van der Waals surface area contributed by atoms with Crippen molar-refractivity contribution in [3.05, 3.63) is 108 Å². The number of hydrogen-bond acceptors (Lipinski definition) is 6. The number of ketones is 1. The van der Waals surface area contributed by atoms with E-state index in [9.17, 15) is 14.7 Å². The number of aliphatic hydroxyl groups excluding tert-OH is 1. The summed E-state index contributed by atoms with van der Waals surface area (Å²) in [5, 5.41) is 11.6. The molecule has 40 heavy (non-hydrogen) atoms. The maximum Gasteiger partial charge on any atom is 0.295 e. The van der Waals surface area contributed by atoms with Gasteiger partial charge in [-0.15, -0.1) is 0 Å². The first kappa shape index (κ1) is 28.6. The minimum atomic E-state index is -0.772. The van der Waals surface area contributed by atoms with E-state index >= 15 is 0 Å². The van der Waals surface area contributed by atoms with Gasteiger partial charge in [0.25, 0.3) is 11.7 Å². The lowest BCUT2D eigenvalue weighted by atomic mass is 9.93. The van der Waals surface area contributed by atoms with Crippen LogP contribution < -0.4 is 9.47 Å². The number of nitrogens with zero attached hydrogens (tertiary/aromatic N) is 2. The number of likely N-dealkylation sites (tertiary alicyclic amines) is 1. The van der Waals surface area contributed by atoms with Crippen molar-refractivity contribution in [3.8, 4) is 17.2 Å². The van der Waals surface area contributed by atoms with Gasteiger partial charge in [-0.3, -0.25) is 9.59 Å². The molecule has 0 spiro atoms. The van der Waals surface area contributed by atoms with E-state index in [1.54, 1.807) is 29.2 Å². The van der Waals surface area contributed by atoms with Gasteiger partial charge >= 0.3 is 0 Å². The molecule has 1 heterocycles. The molecule has 0 bridgehead atoms. The maximum atomic E-state index is 13.5. The summed E-state index contributed by atoms with van der Waals surface area (Å²) in [7, 11) is 0. The average molecular weight is 541 g/mol.